The summed E-state index contributed by atoms with van der Waals surface area (Å²) in [6.45, 7) is 15.8. The van der Waals surface area contributed by atoms with Gasteiger partial charge in [-0.2, -0.15) is 0 Å². The molecule has 0 aromatic rings. The molecule has 1 amide bonds. The number of carbonyl (C=O) groups is 1. The smallest absolute Gasteiger partial charge is 0.407 e. The highest BCUT2D eigenvalue weighted by atomic mass is 16.6. The summed E-state index contributed by atoms with van der Waals surface area (Å²) in [5.41, 5.74) is -0.442. The average molecular weight is 258 g/mol. The number of carbonyl (C=O) groups excluding carboxylic acids is 1. The van der Waals surface area contributed by atoms with E-state index in [4.69, 9.17) is 4.74 Å². The van der Waals surface area contributed by atoms with Crippen LogP contribution in [0.1, 0.15) is 48.5 Å². The highest BCUT2D eigenvalue weighted by molar-refractivity contribution is 5.67. The molecule has 18 heavy (non-hydrogen) atoms. The van der Waals surface area contributed by atoms with Gasteiger partial charge in [0.05, 0.1) is 0 Å². The minimum Gasteiger partial charge on any atom is -0.444 e. The molecule has 0 aliphatic heterocycles. The van der Waals surface area contributed by atoms with Crippen LogP contribution in [0.3, 0.4) is 0 Å². The van der Waals surface area contributed by atoms with Crippen molar-refractivity contribution in [3.63, 3.8) is 0 Å². The standard InChI is InChI=1S/C14H30N2O2/c1-10(2)8-15-12(11(3)4)9-16-13(17)18-14(5,6)7/h10-12,15H,8-9H2,1-7H3,(H,16,17). The van der Waals surface area contributed by atoms with Gasteiger partial charge in [0.25, 0.3) is 0 Å². The number of hydrogen-bond donors (Lipinski definition) is 2. The summed E-state index contributed by atoms with van der Waals surface area (Å²) in [6.07, 6.45) is -0.348. The molecule has 108 valence electrons. The third kappa shape index (κ3) is 9.28. The minimum atomic E-state index is -0.442. The van der Waals surface area contributed by atoms with Crippen molar-refractivity contribution in [2.24, 2.45) is 11.8 Å². The van der Waals surface area contributed by atoms with Gasteiger partial charge in [0.15, 0.2) is 0 Å². The van der Waals surface area contributed by atoms with Crippen molar-refractivity contribution >= 4 is 6.09 Å². The first-order valence-electron chi connectivity index (χ1n) is 6.82. The lowest BCUT2D eigenvalue weighted by Crippen LogP contribution is -2.46. The number of nitrogens with one attached hydrogen (secondary N) is 2. The maximum Gasteiger partial charge on any atom is 0.407 e. The maximum atomic E-state index is 11.6. The molecule has 1 atom stereocenters. The summed E-state index contributed by atoms with van der Waals surface area (Å²) in [5.74, 6) is 1.08. The van der Waals surface area contributed by atoms with Crippen LogP contribution in [-0.4, -0.2) is 30.8 Å². The Morgan fingerprint density at radius 3 is 2.06 bits per heavy atom. The van der Waals surface area contributed by atoms with Crippen LogP contribution in [0.25, 0.3) is 0 Å². The lowest BCUT2D eigenvalue weighted by molar-refractivity contribution is 0.0519. The van der Waals surface area contributed by atoms with Crippen LogP contribution in [0.2, 0.25) is 0 Å². The second kappa shape index (κ2) is 7.62. The van der Waals surface area contributed by atoms with E-state index in [1.165, 1.54) is 0 Å². The SMILES string of the molecule is CC(C)CNC(CNC(=O)OC(C)(C)C)C(C)C. The first-order valence-corrected chi connectivity index (χ1v) is 6.82. The van der Waals surface area contributed by atoms with Crippen molar-refractivity contribution in [2.75, 3.05) is 13.1 Å². The van der Waals surface area contributed by atoms with Crippen LogP contribution in [0, 0.1) is 11.8 Å². The zero-order valence-electron chi connectivity index (χ0n) is 13.0. The lowest BCUT2D eigenvalue weighted by atomic mass is 10.0. The van der Waals surface area contributed by atoms with E-state index >= 15 is 0 Å². The molecule has 0 saturated heterocycles. The summed E-state index contributed by atoms with van der Waals surface area (Å²) >= 11 is 0. The molecule has 0 rings (SSSR count). The molecule has 0 spiro atoms. The summed E-state index contributed by atoms with van der Waals surface area (Å²) in [4.78, 5) is 11.6. The number of amides is 1. The van der Waals surface area contributed by atoms with Gasteiger partial charge in [0.1, 0.15) is 5.60 Å². The normalized spacial score (nSPS) is 13.8. The van der Waals surface area contributed by atoms with E-state index in [-0.39, 0.29) is 12.1 Å². The molecule has 0 saturated carbocycles. The molecule has 4 nitrogen and oxygen atoms in total. The Morgan fingerprint density at radius 2 is 1.67 bits per heavy atom. The van der Waals surface area contributed by atoms with Crippen molar-refractivity contribution in [3.05, 3.63) is 0 Å². The Hall–Kier alpha value is -0.770. The predicted molar refractivity (Wildman–Crippen MR) is 75.7 cm³/mol. The molecule has 0 bridgehead atoms. The monoisotopic (exact) mass is 258 g/mol. The summed E-state index contributed by atoms with van der Waals surface area (Å²) in [5, 5.41) is 6.29. The Bertz CT molecular complexity index is 245. The number of alkyl carbamates (subject to hydrolysis) is 1. The first-order chi connectivity index (χ1) is 8.11. The summed E-state index contributed by atoms with van der Waals surface area (Å²) in [7, 11) is 0. The van der Waals surface area contributed by atoms with Gasteiger partial charge in [-0.05, 0) is 39.2 Å². The summed E-state index contributed by atoms with van der Waals surface area (Å²) < 4.78 is 5.22. The maximum absolute atomic E-state index is 11.6. The molecule has 2 N–H and O–H groups in total. The van der Waals surface area contributed by atoms with E-state index in [2.05, 4.69) is 38.3 Å². The van der Waals surface area contributed by atoms with E-state index in [1.807, 2.05) is 20.8 Å². The molecular formula is C14H30N2O2. The number of ether oxygens (including phenoxy) is 1. The van der Waals surface area contributed by atoms with Crippen molar-refractivity contribution in [1.82, 2.24) is 10.6 Å². The fraction of sp³-hybridized carbons (Fsp3) is 0.929. The second-order valence-electron chi connectivity index (χ2n) is 6.54. The van der Waals surface area contributed by atoms with E-state index in [1.54, 1.807) is 0 Å². The number of rotatable bonds is 6. The third-order valence-corrected chi connectivity index (χ3v) is 2.46. The number of hydrogen-bond acceptors (Lipinski definition) is 3. The zero-order chi connectivity index (χ0) is 14.3. The van der Waals surface area contributed by atoms with Crippen molar-refractivity contribution in [2.45, 2.75) is 60.1 Å². The quantitative estimate of drug-likeness (QED) is 0.770. The van der Waals surface area contributed by atoms with E-state index in [0.717, 1.165) is 6.54 Å². The van der Waals surface area contributed by atoms with Crippen LogP contribution < -0.4 is 10.6 Å². The van der Waals surface area contributed by atoms with Crippen molar-refractivity contribution in [1.29, 1.82) is 0 Å². The Labute approximate surface area is 112 Å². The van der Waals surface area contributed by atoms with Gasteiger partial charge in [-0.25, -0.2) is 4.79 Å². The fourth-order valence-corrected chi connectivity index (χ4v) is 1.44. The van der Waals surface area contributed by atoms with Gasteiger partial charge in [-0.15, -0.1) is 0 Å². The predicted octanol–water partition coefficient (Wildman–Crippen LogP) is 2.78. The van der Waals surface area contributed by atoms with Gasteiger partial charge in [0, 0.05) is 12.6 Å². The van der Waals surface area contributed by atoms with Crippen LogP contribution in [0.15, 0.2) is 0 Å². The van der Waals surface area contributed by atoms with Gasteiger partial charge >= 0.3 is 6.09 Å². The van der Waals surface area contributed by atoms with Crippen molar-refractivity contribution in [3.8, 4) is 0 Å². The van der Waals surface area contributed by atoms with Crippen molar-refractivity contribution < 1.29 is 9.53 Å². The topological polar surface area (TPSA) is 50.4 Å². The molecule has 1 unspecified atom stereocenters. The van der Waals surface area contributed by atoms with E-state index in [9.17, 15) is 4.79 Å². The van der Waals surface area contributed by atoms with E-state index in [0.29, 0.717) is 18.4 Å². The van der Waals surface area contributed by atoms with Crippen LogP contribution in [-0.2, 0) is 4.74 Å². The molecule has 0 heterocycles. The Balaban J connectivity index is 4.07. The molecule has 0 aliphatic rings. The molecule has 0 fully saturated rings. The first kappa shape index (κ1) is 17.2. The average Bonchev–Trinajstić information content (AvgIpc) is 2.13. The minimum absolute atomic E-state index is 0.278. The second-order valence-corrected chi connectivity index (χ2v) is 6.54. The van der Waals surface area contributed by atoms with Gasteiger partial charge in [0.2, 0.25) is 0 Å². The van der Waals surface area contributed by atoms with Gasteiger partial charge in [-0.3, -0.25) is 0 Å². The van der Waals surface area contributed by atoms with Crippen LogP contribution in [0.5, 0.6) is 0 Å². The fourth-order valence-electron chi connectivity index (χ4n) is 1.44. The largest absolute Gasteiger partial charge is 0.444 e. The molecule has 0 aromatic heterocycles. The van der Waals surface area contributed by atoms with E-state index < -0.39 is 5.60 Å². The lowest BCUT2D eigenvalue weighted by Gasteiger charge is -2.25. The van der Waals surface area contributed by atoms with Crippen LogP contribution >= 0.6 is 0 Å². The third-order valence-electron chi connectivity index (χ3n) is 2.46. The van der Waals surface area contributed by atoms with Crippen LogP contribution in [0.4, 0.5) is 4.79 Å². The molecule has 0 aliphatic carbocycles. The Kier molecular flexibility index (Phi) is 7.29. The van der Waals surface area contributed by atoms with Gasteiger partial charge in [-0.1, -0.05) is 27.7 Å². The Morgan fingerprint density at radius 1 is 1.11 bits per heavy atom. The highest BCUT2D eigenvalue weighted by Gasteiger charge is 2.18. The summed E-state index contributed by atoms with van der Waals surface area (Å²) in [6, 6.07) is 0.278. The highest BCUT2D eigenvalue weighted by Crippen LogP contribution is 2.07. The zero-order valence-corrected chi connectivity index (χ0v) is 13.0. The molecular weight excluding hydrogens is 228 g/mol. The van der Waals surface area contributed by atoms with Gasteiger partial charge < -0.3 is 15.4 Å². The molecule has 0 radical (unpaired) electrons. The molecule has 0 aromatic carbocycles. The molecule has 4 heteroatoms.